The second kappa shape index (κ2) is 50.9. The van der Waals surface area contributed by atoms with Gasteiger partial charge < -0.3 is 19.8 Å². The van der Waals surface area contributed by atoms with E-state index < -0.39 is 20.0 Å². The van der Waals surface area contributed by atoms with E-state index >= 15 is 0 Å². The summed E-state index contributed by atoms with van der Waals surface area (Å²) in [7, 11) is 1.58. The van der Waals surface area contributed by atoms with E-state index in [-0.39, 0.29) is 19.1 Å². The lowest BCUT2D eigenvalue weighted by Gasteiger charge is -2.25. The number of phosphoric acid groups is 1. The molecule has 8 nitrogen and oxygen atoms in total. The van der Waals surface area contributed by atoms with Gasteiger partial charge in [-0.3, -0.25) is 13.8 Å². The Morgan fingerprint density at radius 3 is 1.13 bits per heavy atom. The Morgan fingerprint density at radius 1 is 0.485 bits per heavy atom. The largest absolute Gasteiger partial charge is 0.472 e. The second-order valence-corrected chi connectivity index (χ2v) is 23.2. The van der Waals surface area contributed by atoms with Gasteiger partial charge in [0.25, 0.3) is 0 Å². The lowest BCUT2D eigenvalue weighted by molar-refractivity contribution is -0.870. The molecule has 0 aromatic carbocycles. The van der Waals surface area contributed by atoms with Gasteiger partial charge in [0.1, 0.15) is 13.2 Å². The van der Waals surface area contributed by atoms with Crippen molar-refractivity contribution >= 4 is 13.7 Å². The number of aliphatic hydroxyl groups excluding tert-OH is 1. The van der Waals surface area contributed by atoms with Crippen LogP contribution in [0.25, 0.3) is 0 Å². The average molecular weight is 983 g/mol. The summed E-state index contributed by atoms with van der Waals surface area (Å²) in [5, 5.41) is 13.9. The summed E-state index contributed by atoms with van der Waals surface area (Å²) < 4.78 is 23.7. The zero-order chi connectivity index (χ0) is 49.9. The molecule has 0 radical (unpaired) electrons. The number of nitrogens with zero attached hydrogens (tertiary/aromatic N) is 1. The maximum atomic E-state index is 13.0. The Morgan fingerprint density at radius 2 is 0.794 bits per heavy atom. The van der Waals surface area contributed by atoms with E-state index in [0.29, 0.717) is 17.4 Å². The van der Waals surface area contributed by atoms with Crippen molar-refractivity contribution in [1.82, 2.24) is 5.32 Å². The number of hydrogen-bond donors (Lipinski definition) is 3. The maximum absolute atomic E-state index is 13.0. The molecule has 404 valence electrons. The Labute approximate surface area is 424 Å². The molecular formula is C59H118N2O6P+. The van der Waals surface area contributed by atoms with E-state index in [4.69, 9.17) is 9.05 Å². The number of phosphoric ester groups is 1. The molecule has 0 saturated heterocycles. The van der Waals surface area contributed by atoms with Crippen LogP contribution in [0.5, 0.6) is 0 Å². The number of unbranched alkanes of at least 4 members (excludes halogenated alkanes) is 40. The zero-order valence-corrected chi connectivity index (χ0v) is 47.0. The highest BCUT2D eigenvalue weighted by atomic mass is 31.2. The van der Waals surface area contributed by atoms with Crippen molar-refractivity contribution in [3.8, 4) is 0 Å². The van der Waals surface area contributed by atoms with Gasteiger partial charge in [0.2, 0.25) is 5.91 Å². The first-order valence-corrected chi connectivity index (χ1v) is 31.2. The summed E-state index contributed by atoms with van der Waals surface area (Å²) in [6, 6.07) is -0.842. The third-order valence-electron chi connectivity index (χ3n) is 13.7. The van der Waals surface area contributed by atoms with E-state index in [1.54, 1.807) is 6.08 Å². The molecular weight excluding hydrogens is 864 g/mol. The Bertz CT molecular complexity index is 1160. The van der Waals surface area contributed by atoms with E-state index in [9.17, 15) is 19.4 Å². The lowest BCUT2D eigenvalue weighted by atomic mass is 10.0. The average Bonchev–Trinajstić information content (AvgIpc) is 3.30. The van der Waals surface area contributed by atoms with Crippen molar-refractivity contribution in [3.63, 3.8) is 0 Å². The van der Waals surface area contributed by atoms with Crippen molar-refractivity contribution in [3.05, 3.63) is 24.3 Å². The van der Waals surface area contributed by atoms with Crippen LogP contribution in [0.3, 0.4) is 0 Å². The minimum atomic E-state index is -4.34. The number of aliphatic hydroxyl groups is 1. The first kappa shape index (κ1) is 67.0. The number of rotatable bonds is 55. The number of carbonyl (C=O) groups excluding carboxylic acids is 1. The predicted octanol–water partition coefficient (Wildman–Crippen LogP) is 18.0. The van der Waals surface area contributed by atoms with E-state index in [0.717, 1.165) is 38.5 Å². The van der Waals surface area contributed by atoms with Crippen LogP contribution in [0.1, 0.15) is 296 Å². The molecule has 0 aliphatic rings. The van der Waals surface area contributed by atoms with Gasteiger partial charge in [-0.2, -0.15) is 0 Å². The van der Waals surface area contributed by atoms with Gasteiger partial charge in [-0.15, -0.1) is 0 Å². The molecule has 3 N–H and O–H groups in total. The molecule has 68 heavy (non-hydrogen) atoms. The summed E-state index contributed by atoms with van der Waals surface area (Å²) in [6.07, 6.45) is 64.4. The summed E-state index contributed by atoms with van der Waals surface area (Å²) in [4.78, 5) is 23.3. The molecule has 0 aromatic heterocycles. The molecule has 9 heteroatoms. The van der Waals surface area contributed by atoms with Gasteiger partial charge in [0, 0.05) is 6.42 Å². The van der Waals surface area contributed by atoms with Crippen molar-refractivity contribution in [2.75, 3.05) is 40.9 Å². The molecule has 0 aliphatic carbocycles. The van der Waals surface area contributed by atoms with Crippen LogP contribution in [0.2, 0.25) is 0 Å². The molecule has 0 spiro atoms. The molecule has 3 atom stereocenters. The monoisotopic (exact) mass is 982 g/mol. The van der Waals surface area contributed by atoms with Crippen LogP contribution in [-0.2, 0) is 18.4 Å². The molecule has 0 aliphatic heterocycles. The van der Waals surface area contributed by atoms with Gasteiger partial charge in [-0.25, -0.2) is 4.57 Å². The molecule has 1 amide bonds. The van der Waals surface area contributed by atoms with Crippen LogP contribution in [0, 0.1) is 0 Å². The number of quaternary nitrogens is 1. The van der Waals surface area contributed by atoms with E-state index in [1.807, 2.05) is 27.2 Å². The Balaban J connectivity index is 3.96. The minimum absolute atomic E-state index is 0.0640. The highest BCUT2D eigenvalue weighted by Crippen LogP contribution is 2.43. The fourth-order valence-electron chi connectivity index (χ4n) is 8.98. The molecule has 0 rings (SSSR count). The smallest absolute Gasteiger partial charge is 0.387 e. The van der Waals surface area contributed by atoms with Crippen LogP contribution in [0.15, 0.2) is 24.3 Å². The number of amides is 1. The minimum Gasteiger partial charge on any atom is -0.387 e. The zero-order valence-electron chi connectivity index (χ0n) is 46.1. The molecule has 0 aromatic rings. The normalized spacial score (nSPS) is 14.0. The van der Waals surface area contributed by atoms with Gasteiger partial charge >= 0.3 is 7.82 Å². The number of hydrogen-bond acceptors (Lipinski definition) is 5. The fourth-order valence-corrected chi connectivity index (χ4v) is 9.72. The first-order valence-electron chi connectivity index (χ1n) is 29.7. The highest BCUT2D eigenvalue weighted by Gasteiger charge is 2.27. The van der Waals surface area contributed by atoms with Crippen molar-refractivity contribution in [2.45, 2.75) is 309 Å². The Kier molecular flexibility index (Phi) is 50.1. The molecule has 0 bridgehead atoms. The van der Waals surface area contributed by atoms with Crippen LogP contribution in [-0.4, -0.2) is 73.4 Å². The summed E-state index contributed by atoms with van der Waals surface area (Å²) in [5.41, 5.74) is 0. The fraction of sp³-hybridized carbons (Fsp3) is 0.915. The number of likely N-dealkylation sites (N-methyl/N-ethyl adjacent to an activating group) is 1. The highest BCUT2D eigenvalue weighted by molar-refractivity contribution is 7.47. The summed E-state index contributed by atoms with van der Waals surface area (Å²) in [6.45, 7) is 4.84. The molecule has 0 heterocycles. The quantitative estimate of drug-likeness (QED) is 0.0243. The predicted molar refractivity (Wildman–Crippen MR) is 295 cm³/mol. The van der Waals surface area contributed by atoms with Gasteiger partial charge in [-0.1, -0.05) is 269 Å². The van der Waals surface area contributed by atoms with Crippen molar-refractivity contribution in [1.29, 1.82) is 0 Å². The summed E-state index contributed by atoms with van der Waals surface area (Å²) in [5.74, 6) is -0.172. The van der Waals surface area contributed by atoms with Crippen LogP contribution >= 0.6 is 7.82 Å². The third kappa shape index (κ3) is 52.8. The SMILES string of the molecule is CCCCCCCCCC/C=C\CCCCCCCCCCCCCCCCCCCCCCCC(=O)NC(COP(=O)(O)OCC[N+](C)(C)C)C(O)/C=C/CCCCCCCCCCCCC. The van der Waals surface area contributed by atoms with Crippen molar-refractivity contribution < 1.29 is 32.9 Å². The second-order valence-electron chi connectivity index (χ2n) is 21.7. The van der Waals surface area contributed by atoms with Crippen LogP contribution in [0.4, 0.5) is 0 Å². The summed E-state index contributed by atoms with van der Waals surface area (Å²) >= 11 is 0. The van der Waals surface area contributed by atoms with Gasteiger partial charge in [0.15, 0.2) is 0 Å². The van der Waals surface area contributed by atoms with Crippen molar-refractivity contribution in [2.24, 2.45) is 0 Å². The third-order valence-corrected chi connectivity index (χ3v) is 14.6. The maximum Gasteiger partial charge on any atom is 0.472 e. The number of allylic oxidation sites excluding steroid dienone is 3. The standard InChI is InChI=1S/C59H117N2O6P/c1-6-8-10-12-14-16-18-20-21-22-23-24-25-26-27-28-29-30-31-32-33-34-35-36-37-38-39-41-43-45-47-49-51-53-59(63)60-57(56-67-68(64,65)66-55-54-61(3,4)5)58(62)52-50-48-46-44-42-40-19-17-15-13-11-9-7-2/h22-23,50,52,57-58,62H,6-21,24-49,51,53-56H2,1-5H3,(H-,60,63,64,65)/p+1/b23-22-,52-50+. The topological polar surface area (TPSA) is 105 Å². The van der Waals surface area contributed by atoms with Gasteiger partial charge in [-0.05, 0) is 44.9 Å². The number of nitrogens with one attached hydrogen (secondary N) is 1. The molecule has 0 fully saturated rings. The lowest BCUT2D eigenvalue weighted by Crippen LogP contribution is -2.45. The molecule has 3 unspecified atom stereocenters. The Hall–Kier alpha value is -1.02. The first-order chi connectivity index (χ1) is 33.0. The number of carbonyl (C=O) groups is 1. The van der Waals surface area contributed by atoms with Gasteiger partial charge in [0.05, 0.1) is 39.9 Å². The molecule has 0 saturated carbocycles. The van der Waals surface area contributed by atoms with E-state index in [1.165, 1.54) is 238 Å². The van der Waals surface area contributed by atoms with Crippen LogP contribution < -0.4 is 5.32 Å². The van der Waals surface area contributed by atoms with E-state index in [2.05, 4.69) is 31.3 Å².